The van der Waals surface area contributed by atoms with Crippen LogP contribution in [0.3, 0.4) is 0 Å². The van der Waals surface area contributed by atoms with Crippen molar-refractivity contribution < 1.29 is 9.90 Å². The van der Waals surface area contributed by atoms with Crippen molar-refractivity contribution >= 4 is 38.8 Å². The number of rotatable bonds is 3. The van der Waals surface area contributed by atoms with Gasteiger partial charge in [0.15, 0.2) is 0 Å². The predicted molar refractivity (Wildman–Crippen MR) is 94.8 cm³/mol. The smallest absolute Gasteiger partial charge is 0.271 e. The molecule has 0 heterocycles. The van der Waals surface area contributed by atoms with Gasteiger partial charge in [-0.3, -0.25) is 4.79 Å². The van der Waals surface area contributed by atoms with Gasteiger partial charge in [0.1, 0.15) is 5.75 Å². The van der Waals surface area contributed by atoms with Crippen LogP contribution in [0.15, 0.2) is 70.2 Å². The predicted octanol–water partition coefficient (Wildman–Crippen LogP) is 4.07. The molecule has 0 aliphatic carbocycles. The number of fused-ring (bicyclic) bond motifs is 1. The molecule has 1 amide bonds. The van der Waals surface area contributed by atoms with Crippen molar-refractivity contribution in [1.29, 1.82) is 0 Å². The van der Waals surface area contributed by atoms with Gasteiger partial charge in [0.05, 0.1) is 6.21 Å². The van der Waals surface area contributed by atoms with Gasteiger partial charge >= 0.3 is 0 Å². The van der Waals surface area contributed by atoms with Crippen LogP contribution in [0.2, 0.25) is 0 Å². The number of benzene rings is 3. The van der Waals surface area contributed by atoms with E-state index in [9.17, 15) is 9.90 Å². The number of carbonyl (C=O) groups excluding carboxylic acids is 1. The lowest BCUT2D eigenvalue weighted by Gasteiger charge is -2.05. The standard InChI is InChI=1S/C18H13BrN2O2/c19-14-7-8-15-13(10-14)6-9-17(22)16(15)11-20-21-18(23)12-4-2-1-3-5-12/h1-11,22H,(H,21,23)/b20-11+. The van der Waals surface area contributed by atoms with E-state index in [1.807, 2.05) is 30.3 Å². The summed E-state index contributed by atoms with van der Waals surface area (Å²) in [5.74, 6) is -0.193. The van der Waals surface area contributed by atoms with Crippen molar-refractivity contribution in [3.05, 3.63) is 76.3 Å². The number of phenols is 1. The first-order valence-electron chi connectivity index (χ1n) is 6.95. The highest BCUT2D eigenvalue weighted by molar-refractivity contribution is 9.10. The summed E-state index contributed by atoms with van der Waals surface area (Å²) in [5.41, 5.74) is 3.54. The quantitative estimate of drug-likeness (QED) is 0.540. The summed E-state index contributed by atoms with van der Waals surface area (Å²) < 4.78 is 0.955. The van der Waals surface area contributed by atoms with E-state index in [1.165, 1.54) is 6.21 Å². The number of hydrogen-bond donors (Lipinski definition) is 2. The molecule has 114 valence electrons. The molecule has 4 nitrogen and oxygen atoms in total. The highest BCUT2D eigenvalue weighted by atomic mass is 79.9. The van der Waals surface area contributed by atoms with Gasteiger partial charge in [-0.05, 0) is 41.1 Å². The third kappa shape index (κ3) is 3.40. The normalized spacial score (nSPS) is 11.0. The Balaban J connectivity index is 1.86. The van der Waals surface area contributed by atoms with Crippen LogP contribution in [0.5, 0.6) is 5.75 Å². The van der Waals surface area contributed by atoms with Crippen molar-refractivity contribution in [3.8, 4) is 5.75 Å². The molecular weight excluding hydrogens is 356 g/mol. The van der Waals surface area contributed by atoms with E-state index in [1.54, 1.807) is 30.3 Å². The van der Waals surface area contributed by atoms with Gasteiger partial charge in [0, 0.05) is 15.6 Å². The first-order chi connectivity index (χ1) is 11.1. The molecule has 0 saturated heterocycles. The Kier molecular flexibility index (Phi) is 4.39. The topological polar surface area (TPSA) is 61.7 Å². The summed E-state index contributed by atoms with van der Waals surface area (Å²) >= 11 is 3.42. The van der Waals surface area contributed by atoms with Crippen molar-refractivity contribution in [2.24, 2.45) is 5.10 Å². The summed E-state index contributed by atoms with van der Waals surface area (Å²) in [7, 11) is 0. The van der Waals surface area contributed by atoms with Crippen LogP contribution in [-0.2, 0) is 0 Å². The highest BCUT2D eigenvalue weighted by Crippen LogP contribution is 2.27. The zero-order valence-electron chi connectivity index (χ0n) is 12.0. The Morgan fingerprint density at radius 3 is 2.65 bits per heavy atom. The molecule has 23 heavy (non-hydrogen) atoms. The lowest BCUT2D eigenvalue weighted by Crippen LogP contribution is -2.17. The number of nitrogens with zero attached hydrogens (tertiary/aromatic N) is 1. The lowest BCUT2D eigenvalue weighted by atomic mass is 10.0. The summed E-state index contributed by atoms with van der Waals surface area (Å²) in [6, 6.07) is 18.0. The molecule has 3 aromatic rings. The second kappa shape index (κ2) is 6.62. The molecule has 2 N–H and O–H groups in total. The number of carbonyl (C=O) groups is 1. The summed E-state index contributed by atoms with van der Waals surface area (Å²) in [5, 5.41) is 15.8. The van der Waals surface area contributed by atoms with Crippen molar-refractivity contribution in [3.63, 3.8) is 0 Å². The molecule has 0 aliphatic rings. The maximum absolute atomic E-state index is 11.9. The van der Waals surface area contributed by atoms with E-state index in [2.05, 4.69) is 26.5 Å². The van der Waals surface area contributed by atoms with Crippen LogP contribution in [0.1, 0.15) is 15.9 Å². The number of halogens is 1. The van der Waals surface area contributed by atoms with Crippen molar-refractivity contribution in [1.82, 2.24) is 5.43 Å². The summed E-state index contributed by atoms with van der Waals surface area (Å²) in [4.78, 5) is 11.9. The molecule has 3 rings (SSSR count). The fourth-order valence-corrected chi connectivity index (χ4v) is 2.64. The van der Waals surface area contributed by atoms with E-state index < -0.39 is 0 Å². The number of hydrogen-bond acceptors (Lipinski definition) is 3. The lowest BCUT2D eigenvalue weighted by molar-refractivity contribution is 0.0955. The van der Waals surface area contributed by atoms with Gasteiger partial charge in [0.25, 0.3) is 5.91 Å². The Morgan fingerprint density at radius 2 is 1.87 bits per heavy atom. The van der Waals surface area contributed by atoms with Crippen LogP contribution in [0.25, 0.3) is 10.8 Å². The molecule has 0 aliphatic heterocycles. The maximum atomic E-state index is 11.9. The summed E-state index contributed by atoms with van der Waals surface area (Å²) in [6.07, 6.45) is 1.45. The molecule has 0 aromatic heterocycles. The number of hydrazone groups is 1. The zero-order valence-corrected chi connectivity index (χ0v) is 13.6. The molecule has 0 fully saturated rings. The Labute approximate surface area is 141 Å². The van der Waals surface area contributed by atoms with Crippen LogP contribution in [-0.4, -0.2) is 17.2 Å². The van der Waals surface area contributed by atoms with Gasteiger partial charge < -0.3 is 5.11 Å². The molecule has 0 spiro atoms. The van der Waals surface area contributed by atoms with Gasteiger partial charge in [-0.25, -0.2) is 5.43 Å². The van der Waals surface area contributed by atoms with E-state index in [-0.39, 0.29) is 11.7 Å². The van der Waals surface area contributed by atoms with E-state index in [4.69, 9.17) is 0 Å². The highest BCUT2D eigenvalue weighted by Gasteiger charge is 2.06. The molecular formula is C18H13BrN2O2. The molecule has 0 radical (unpaired) electrons. The van der Waals surface area contributed by atoms with E-state index in [0.29, 0.717) is 11.1 Å². The largest absolute Gasteiger partial charge is 0.507 e. The van der Waals surface area contributed by atoms with Gasteiger partial charge in [-0.2, -0.15) is 5.10 Å². The van der Waals surface area contributed by atoms with Crippen LogP contribution in [0.4, 0.5) is 0 Å². The molecule has 5 heteroatoms. The van der Waals surface area contributed by atoms with Crippen LogP contribution < -0.4 is 5.43 Å². The SMILES string of the molecule is O=C(N/N=C/c1c(O)ccc2cc(Br)ccc12)c1ccccc1. The van der Waals surface area contributed by atoms with E-state index in [0.717, 1.165) is 15.2 Å². The number of amides is 1. The van der Waals surface area contributed by atoms with Crippen LogP contribution >= 0.6 is 15.9 Å². The second-order valence-electron chi connectivity index (χ2n) is 4.93. The van der Waals surface area contributed by atoms with E-state index >= 15 is 0 Å². The zero-order chi connectivity index (χ0) is 16.2. The first kappa shape index (κ1) is 15.2. The van der Waals surface area contributed by atoms with Crippen molar-refractivity contribution in [2.75, 3.05) is 0 Å². The monoisotopic (exact) mass is 368 g/mol. The van der Waals surface area contributed by atoms with Crippen molar-refractivity contribution in [2.45, 2.75) is 0 Å². The fourth-order valence-electron chi connectivity index (χ4n) is 2.26. The minimum Gasteiger partial charge on any atom is -0.507 e. The Hall–Kier alpha value is -2.66. The van der Waals surface area contributed by atoms with Gasteiger partial charge in [-0.15, -0.1) is 0 Å². The molecule has 0 unspecified atom stereocenters. The number of aromatic hydroxyl groups is 1. The molecule has 0 atom stereocenters. The van der Waals surface area contributed by atoms with Gasteiger partial charge in [-0.1, -0.05) is 46.3 Å². The Morgan fingerprint density at radius 1 is 1.09 bits per heavy atom. The second-order valence-corrected chi connectivity index (χ2v) is 5.84. The first-order valence-corrected chi connectivity index (χ1v) is 7.74. The Bertz CT molecular complexity index is 892. The average Bonchev–Trinajstić information content (AvgIpc) is 2.57. The molecule has 0 saturated carbocycles. The molecule has 3 aromatic carbocycles. The summed E-state index contributed by atoms with van der Waals surface area (Å²) in [6.45, 7) is 0. The van der Waals surface area contributed by atoms with Gasteiger partial charge in [0.2, 0.25) is 0 Å². The molecule has 0 bridgehead atoms. The number of nitrogens with one attached hydrogen (secondary N) is 1. The average molecular weight is 369 g/mol. The maximum Gasteiger partial charge on any atom is 0.271 e. The third-order valence-corrected chi connectivity index (χ3v) is 3.89. The third-order valence-electron chi connectivity index (χ3n) is 3.40. The number of phenolic OH excluding ortho intramolecular Hbond substituents is 1. The fraction of sp³-hybridized carbons (Fsp3) is 0. The van der Waals surface area contributed by atoms with Crippen LogP contribution in [0, 0.1) is 0 Å². The minimum atomic E-state index is -0.302. The minimum absolute atomic E-state index is 0.109.